The average molecular weight is 415 g/mol. The summed E-state index contributed by atoms with van der Waals surface area (Å²) in [5.74, 6) is 0.0464. The van der Waals surface area contributed by atoms with E-state index >= 15 is 0 Å². The maximum atomic E-state index is 13.3. The molecule has 1 atom stereocenters. The van der Waals surface area contributed by atoms with Crippen molar-refractivity contribution in [2.75, 3.05) is 31.5 Å². The fourth-order valence-corrected chi connectivity index (χ4v) is 3.69. The first-order valence-corrected chi connectivity index (χ1v) is 9.22. The second kappa shape index (κ2) is 7.06. The van der Waals surface area contributed by atoms with Gasteiger partial charge in [0.05, 0.1) is 47.3 Å². The molecule has 0 fully saturated rings. The average Bonchev–Trinajstić information content (AvgIpc) is 3.13. The first kappa shape index (κ1) is 19.2. The monoisotopic (exact) mass is 414 g/mol. The lowest BCUT2D eigenvalue weighted by Gasteiger charge is -2.35. The minimum Gasteiger partial charge on any atom is -0.497 e. The Hall–Kier alpha value is -3.10. The summed E-state index contributed by atoms with van der Waals surface area (Å²) < 4.78 is 10.4. The molecule has 0 spiro atoms. The smallest absolute Gasteiger partial charge is 0.252 e. The number of aromatic amines is 1. The molecule has 3 heterocycles. The zero-order chi connectivity index (χ0) is 20.8. The highest BCUT2D eigenvalue weighted by atomic mass is 35.5. The molecule has 0 saturated heterocycles. The number of carbonyl (C=O) groups excluding carboxylic acids is 2. The molecule has 8 nitrogen and oxygen atoms in total. The normalized spacial score (nSPS) is 18.1. The van der Waals surface area contributed by atoms with Gasteiger partial charge in [0.1, 0.15) is 16.9 Å². The Labute approximate surface area is 171 Å². The predicted octanol–water partition coefficient (Wildman–Crippen LogP) is 3.23. The molecule has 1 aliphatic heterocycles. The number of benzene rings is 1. The standard InChI is InChI=1S/C20H19ClN4O4/c1-20(9-28-2)19(27)24-14-8-23-18-15(16(14)25-20)12(7-22-18)17(26)11-5-4-10(29-3)6-13(11)21/h4-8,25H,9H2,1-3H3,(H,22,23)(H,24,27). The maximum Gasteiger partial charge on any atom is 0.252 e. The highest BCUT2D eigenvalue weighted by molar-refractivity contribution is 6.36. The molecule has 3 aromatic rings. The van der Waals surface area contributed by atoms with Gasteiger partial charge in [0.2, 0.25) is 0 Å². The van der Waals surface area contributed by atoms with Crippen LogP contribution in [0.4, 0.5) is 11.4 Å². The van der Waals surface area contributed by atoms with E-state index in [2.05, 4.69) is 20.6 Å². The lowest BCUT2D eigenvalue weighted by Crippen LogP contribution is -2.53. The summed E-state index contributed by atoms with van der Waals surface area (Å²) in [4.78, 5) is 33.1. The Balaban J connectivity index is 1.85. The SMILES string of the molecule is COCC1(C)Nc2c(cnc3[nH]cc(C(=O)c4ccc(OC)cc4Cl)c23)NC1=O. The van der Waals surface area contributed by atoms with E-state index in [0.717, 1.165) is 0 Å². The summed E-state index contributed by atoms with van der Waals surface area (Å²) >= 11 is 6.30. The molecule has 29 heavy (non-hydrogen) atoms. The fraction of sp³-hybridized carbons (Fsp3) is 0.250. The number of methoxy groups -OCH3 is 2. The molecule has 150 valence electrons. The maximum absolute atomic E-state index is 13.3. The van der Waals surface area contributed by atoms with Crippen LogP contribution in [0, 0.1) is 0 Å². The van der Waals surface area contributed by atoms with E-state index in [-0.39, 0.29) is 23.3 Å². The third kappa shape index (κ3) is 3.10. The summed E-state index contributed by atoms with van der Waals surface area (Å²) in [6, 6.07) is 4.89. The van der Waals surface area contributed by atoms with Crippen molar-refractivity contribution in [2.45, 2.75) is 12.5 Å². The van der Waals surface area contributed by atoms with Gasteiger partial charge in [-0.1, -0.05) is 11.6 Å². The van der Waals surface area contributed by atoms with Crippen molar-refractivity contribution in [3.05, 3.63) is 46.7 Å². The van der Waals surface area contributed by atoms with E-state index in [1.165, 1.54) is 14.2 Å². The van der Waals surface area contributed by atoms with Gasteiger partial charge in [-0.25, -0.2) is 4.98 Å². The third-order valence-electron chi connectivity index (χ3n) is 4.95. The molecule has 4 rings (SSSR count). The van der Waals surface area contributed by atoms with Crippen LogP contribution in [0.1, 0.15) is 22.8 Å². The van der Waals surface area contributed by atoms with Crippen molar-refractivity contribution in [1.29, 1.82) is 0 Å². The number of ether oxygens (including phenoxy) is 2. The largest absolute Gasteiger partial charge is 0.497 e. The molecule has 1 aliphatic rings. The number of H-pyrrole nitrogens is 1. The number of aromatic nitrogens is 2. The number of amides is 1. The van der Waals surface area contributed by atoms with Gasteiger partial charge in [-0.05, 0) is 25.1 Å². The Morgan fingerprint density at radius 3 is 2.76 bits per heavy atom. The van der Waals surface area contributed by atoms with Gasteiger partial charge < -0.3 is 25.1 Å². The minimum atomic E-state index is -0.995. The van der Waals surface area contributed by atoms with Gasteiger partial charge in [0.25, 0.3) is 5.91 Å². The Morgan fingerprint density at radius 2 is 2.07 bits per heavy atom. The molecule has 9 heteroatoms. The second-order valence-electron chi connectivity index (χ2n) is 6.99. The molecule has 1 amide bonds. The van der Waals surface area contributed by atoms with E-state index in [1.54, 1.807) is 37.5 Å². The van der Waals surface area contributed by atoms with Crippen molar-refractivity contribution in [1.82, 2.24) is 9.97 Å². The van der Waals surface area contributed by atoms with Gasteiger partial charge in [-0.2, -0.15) is 0 Å². The highest BCUT2D eigenvalue weighted by Crippen LogP contribution is 2.39. The van der Waals surface area contributed by atoms with Crippen LogP contribution in [0.25, 0.3) is 11.0 Å². The predicted molar refractivity (Wildman–Crippen MR) is 110 cm³/mol. The quantitative estimate of drug-likeness (QED) is 0.553. The number of anilines is 2. The van der Waals surface area contributed by atoms with E-state index < -0.39 is 5.54 Å². The van der Waals surface area contributed by atoms with Crippen molar-refractivity contribution in [3.63, 3.8) is 0 Å². The molecule has 2 aromatic heterocycles. The Bertz CT molecular complexity index is 1140. The van der Waals surface area contributed by atoms with Crippen LogP contribution >= 0.6 is 11.6 Å². The molecular weight excluding hydrogens is 396 g/mol. The van der Waals surface area contributed by atoms with Crippen molar-refractivity contribution < 1.29 is 19.1 Å². The Morgan fingerprint density at radius 1 is 1.28 bits per heavy atom. The van der Waals surface area contributed by atoms with Crippen LogP contribution in [-0.2, 0) is 9.53 Å². The number of fused-ring (bicyclic) bond motifs is 3. The molecule has 0 radical (unpaired) electrons. The first-order valence-electron chi connectivity index (χ1n) is 8.85. The van der Waals surface area contributed by atoms with E-state index in [0.29, 0.717) is 39.3 Å². The van der Waals surface area contributed by atoms with E-state index in [9.17, 15) is 9.59 Å². The second-order valence-corrected chi connectivity index (χ2v) is 7.40. The van der Waals surface area contributed by atoms with Gasteiger partial charge in [-0.15, -0.1) is 0 Å². The first-order chi connectivity index (χ1) is 13.9. The Kier molecular flexibility index (Phi) is 4.68. The molecule has 0 bridgehead atoms. The van der Waals surface area contributed by atoms with Gasteiger partial charge >= 0.3 is 0 Å². The summed E-state index contributed by atoms with van der Waals surface area (Å²) in [7, 11) is 3.05. The number of carbonyl (C=O) groups is 2. The summed E-state index contributed by atoms with van der Waals surface area (Å²) in [5, 5.41) is 6.92. The van der Waals surface area contributed by atoms with Crippen LogP contribution in [0.15, 0.2) is 30.6 Å². The van der Waals surface area contributed by atoms with Crippen LogP contribution in [-0.4, -0.2) is 48.0 Å². The zero-order valence-electron chi connectivity index (χ0n) is 16.1. The fourth-order valence-electron chi connectivity index (χ4n) is 3.43. The lowest BCUT2D eigenvalue weighted by atomic mass is 9.96. The molecular formula is C20H19ClN4O4. The van der Waals surface area contributed by atoms with Gasteiger partial charge in [0, 0.05) is 18.9 Å². The molecule has 3 N–H and O–H groups in total. The molecule has 0 aliphatic carbocycles. The van der Waals surface area contributed by atoms with E-state index in [4.69, 9.17) is 21.1 Å². The van der Waals surface area contributed by atoms with Crippen LogP contribution < -0.4 is 15.4 Å². The number of hydrogen-bond donors (Lipinski definition) is 3. The summed E-state index contributed by atoms with van der Waals surface area (Å²) in [6.07, 6.45) is 3.13. The number of rotatable bonds is 5. The van der Waals surface area contributed by atoms with Crippen LogP contribution in [0.5, 0.6) is 5.75 Å². The number of pyridine rings is 1. The third-order valence-corrected chi connectivity index (χ3v) is 5.26. The lowest BCUT2D eigenvalue weighted by molar-refractivity contribution is -0.121. The topological polar surface area (TPSA) is 105 Å². The van der Waals surface area contributed by atoms with Crippen LogP contribution in [0.2, 0.25) is 5.02 Å². The molecule has 1 aromatic carbocycles. The number of nitrogens with zero attached hydrogens (tertiary/aromatic N) is 1. The molecule has 0 saturated carbocycles. The van der Waals surface area contributed by atoms with Crippen molar-refractivity contribution in [2.24, 2.45) is 0 Å². The summed E-state index contributed by atoms with van der Waals surface area (Å²) in [6.45, 7) is 1.88. The summed E-state index contributed by atoms with van der Waals surface area (Å²) in [5.41, 5.74) is 1.34. The van der Waals surface area contributed by atoms with Gasteiger partial charge in [0.15, 0.2) is 5.78 Å². The number of ketones is 1. The van der Waals surface area contributed by atoms with Gasteiger partial charge in [-0.3, -0.25) is 9.59 Å². The van der Waals surface area contributed by atoms with E-state index in [1.807, 2.05) is 0 Å². The van der Waals surface area contributed by atoms with Crippen molar-refractivity contribution in [3.8, 4) is 5.75 Å². The number of nitrogens with one attached hydrogen (secondary N) is 3. The minimum absolute atomic E-state index is 0.153. The highest BCUT2D eigenvalue weighted by Gasteiger charge is 2.39. The van der Waals surface area contributed by atoms with Crippen molar-refractivity contribution >= 4 is 45.7 Å². The van der Waals surface area contributed by atoms with Crippen LogP contribution in [0.3, 0.4) is 0 Å². The zero-order valence-corrected chi connectivity index (χ0v) is 16.8. The molecule has 1 unspecified atom stereocenters. The number of halogens is 1. The number of hydrogen-bond acceptors (Lipinski definition) is 6.